The summed E-state index contributed by atoms with van der Waals surface area (Å²) in [7, 11) is 0. The van der Waals surface area contributed by atoms with Crippen molar-refractivity contribution in [1.29, 1.82) is 0 Å². The summed E-state index contributed by atoms with van der Waals surface area (Å²) in [6, 6.07) is 0. The van der Waals surface area contributed by atoms with E-state index in [9.17, 15) is 0 Å². The molecule has 104 valence electrons. The fourth-order valence-corrected chi connectivity index (χ4v) is 2.92. The fourth-order valence-electron chi connectivity index (χ4n) is 2.22. The number of fused-ring (bicyclic) bond motifs is 1. The first-order chi connectivity index (χ1) is 8.48. The minimum Gasteiger partial charge on any atom is -0.346 e. The molecule has 2 heterocycles. The van der Waals surface area contributed by atoms with Gasteiger partial charge in [-0.2, -0.15) is 0 Å². The Hall–Kier alpha value is 0.230. The van der Waals surface area contributed by atoms with E-state index in [0.717, 1.165) is 0 Å². The van der Waals surface area contributed by atoms with Gasteiger partial charge in [-0.1, -0.05) is 6.08 Å². The zero-order valence-corrected chi connectivity index (χ0v) is 12.5. The van der Waals surface area contributed by atoms with Gasteiger partial charge in [0.1, 0.15) is 41.3 Å². The van der Waals surface area contributed by atoms with Crippen molar-refractivity contribution >= 4 is 23.0 Å². The summed E-state index contributed by atoms with van der Waals surface area (Å²) in [5.41, 5.74) is 5.86. The Morgan fingerprint density at radius 3 is 2.72 bits per heavy atom. The van der Waals surface area contributed by atoms with Gasteiger partial charge in [-0.25, -0.2) is 0 Å². The van der Waals surface area contributed by atoms with Crippen molar-refractivity contribution in [3.8, 4) is 0 Å². The molecule has 2 N–H and O–H groups in total. The second-order valence-electron chi connectivity index (χ2n) is 4.57. The average molecular weight is 371 g/mol. The van der Waals surface area contributed by atoms with Crippen molar-refractivity contribution in [3.05, 3.63) is 12.7 Å². The first-order valence-corrected chi connectivity index (χ1v) is 6.66. The standard InChI is InChI=1S/C11H18INO5/c1-4-5-14-10-9-8(16-11(3,13)17-9)7(18-12)6(2)15-10/h4,6-10H,1,5,13H2,2-3H3/t6?,7?,8?,9?,10?,11-/m0/s1. The van der Waals surface area contributed by atoms with Gasteiger partial charge in [-0.15, -0.1) is 6.58 Å². The van der Waals surface area contributed by atoms with E-state index < -0.39 is 18.3 Å². The molecule has 6 nitrogen and oxygen atoms in total. The van der Waals surface area contributed by atoms with E-state index in [1.165, 1.54) is 0 Å². The van der Waals surface area contributed by atoms with Crippen molar-refractivity contribution in [3.63, 3.8) is 0 Å². The molecule has 0 spiro atoms. The molecule has 2 aliphatic rings. The second kappa shape index (κ2) is 5.70. The highest BCUT2D eigenvalue weighted by Gasteiger charge is 2.55. The third-order valence-electron chi connectivity index (χ3n) is 2.95. The maximum absolute atomic E-state index is 5.86. The molecule has 2 saturated heterocycles. The molecule has 0 saturated carbocycles. The number of ether oxygens (including phenoxy) is 4. The lowest BCUT2D eigenvalue weighted by Gasteiger charge is -2.39. The molecule has 0 bridgehead atoms. The van der Waals surface area contributed by atoms with Gasteiger partial charge in [0, 0.05) is 6.92 Å². The minimum atomic E-state index is -1.15. The van der Waals surface area contributed by atoms with Crippen LogP contribution in [0.1, 0.15) is 13.8 Å². The van der Waals surface area contributed by atoms with E-state index in [4.69, 9.17) is 27.7 Å². The fraction of sp³-hybridized carbons (Fsp3) is 0.818. The SMILES string of the molecule is C=CCOC1OC(C)C(OI)C2O[C@](C)(N)OC12. The Balaban J connectivity index is 2.14. The zero-order valence-electron chi connectivity index (χ0n) is 10.4. The number of nitrogens with two attached hydrogens (primary N) is 1. The topological polar surface area (TPSA) is 72.2 Å². The lowest BCUT2D eigenvalue weighted by Crippen LogP contribution is -2.56. The van der Waals surface area contributed by atoms with Gasteiger partial charge in [0.25, 0.3) is 0 Å². The van der Waals surface area contributed by atoms with E-state index in [2.05, 4.69) is 6.58 Å². The molecule has 5 unspecified atom stereocenters. The molecule has 0 aromatic heterocycles. The Morgan fingerprint density at radius 2 is 2.11 bits per heavy atom. The van der Waals surface area contributed by atoms with Crippen LogP contribution in [0.4, 0.5) is 0 Å². The predicted molar refractivity (Wildman–Crippen MR) is 71.7 cm³/mol. The van der Waals surface area contributed by atoms with Crippen molar-refractivity contribution in [2.24, 2.45) is 5.73 Å². The maximum Gasteiger partial charge on any atom is 0.222 e. The van der Waals surface area contributed by atoms with E-state index in [-0.39, 0.29) is 18.3 Å². The molecule has 2 aliphatic heterocycles. The Bertz CT molecular complexity index is 314. The molecule has 0 aliphatic carbocycles. The normalized spacial score (nSPS) is 47.9. The van der Waals surface area contributed by atoms with Crippen molar-refractivity contribution in [2.75, 3.05) is 6.61 Å². The number of hydrogen-bond donors (Lipinski definition) is 1. The first-order valence-electron chi connectivity index (χ1n) is 5.78. The van der Waals surface area contributed by atoms with Gasteiger partial charge >= 0.3 is 0 Å². The van der Waals surface area contributed by atoms with Crippen molar-refractivity contribution in [1.82, 2.24) is 0 Å². The second-order valence-corrected chi connectivity index (χ2v) is 5.07. The van der Waals surface area contributed by atoms with Gasteiger partial charge < -0.3 is 22.0 Å². The van der Waals surface area contributed by atoms with E-state index in [0.29, 0.717) is 6.61 Å². The van der Waals surface area contributed by atoms with E-state index in [1.807, 2.05) is 29.9 Å². The Labute approximate surface area is 120 Å². The van der Waals surface area contributed by atoms with Crippen LogP contribution in [0.2, 0.25) is 0 Å². The van der Waals surface area contributed by atoms with Crippen LogP contribution in [0, 0.1) is 0 Å². The minimum absolute atomic E-state index is 0.171. The highest BCUT2D eigenvalue weighted by molar-refractivity contribution is 14.1. The number of rotatable bonds is 4. The summed E-state index contributed by atoms with van der Waals surface area (Å²) in [4.78, 5) is 0. The van der Waals surface area contributed by atoms with Crippen LogP contribution in [0.5, 0.6) is 0 Å². The highest BCUT2D eigenvalue weighted by atomic mass is 127. The maximum atomic E-state index is 5.86. The predicted octanol–water partition coefficient (Wildman–Crippen LogP) is 1.09. The summed E-state index contributed by atoms with van der Waals surface area (Å²) < 4.78 is 28.0. The smallest absolute Gasteiger partial charge is 0.222 e. The first kappa shape index (κ1) is 14.6. The molecule has 18 heavy (non-hydrogen) atoms. The molecule has 2 rings (SSSR count). The molecule has 0 amide bonds. The van der Waals surface area contributed by atoms with Gasteiger partial charge in [0.2, 0.25) is 5.91 Å². The van der Waals surface area contributed by atoms with Crippen LogP contribution in [0.15, 0.2) is 12.7 Å². The van der Waals surface area contributed by atoms with E-state index in [1.54, 1.807) is 13.0 Å². The molecule has 0 radical (unpaired) electrons. The molecule has 7 heteroatoms. The Kier molecular flexibility index (Phi) is 4.63. The van der Waals surface area contributed by atoms with Crippen LogP contribution < -0.4 is 5.73 Å². The van der Waals surface area contributed by atoms with Crippen molar-refractivity contribution in [2.45, 2.75) is 50.5 Å². The summed E-state index contributed by atoms with van der Waals surface area (Å²) in [5.74, 6) is -1.15. The molecule has 6 atom stereocenters. The molecular formula is C11H18INO5. The van der Waals surface area contributed by atoms with Crippen LogP contribution in [-0.4, -0.2) is 43.2 Å². The van der Waals surface area contributed by atoms with Crippen LogP contribution >= 0.6 is 23.0 Å². The van der Waals surface area contributed by atoms with Gasteiger partial charge in [-0.05, 0) is 6.92 Å². The largest absolute Gasteiger partial charge is 0.346 e. The molecule has 0 aromatic rings. The van der Waals surface area contributed by atoms with Crippen LogP contribution in [0.3, 0.4) is 0 Å². The highest BCUT2D eigenvalue weighted by Crippen LogP contribution is 2.37. The lowest BCUT2D eigenvalue weighted by atomic mass is 10.0. The Morgan fingerprint density at radius 1 is 1.44 bits per heavy atom. The zero-order chi connectivity index (χ0) is 13.3. The molecular weight excluding hydrogens is 353 g/mol. The summed E-state index contributed by atoms with van der Waals surface area (Å²) in [6.07, 6.45) is -0.0101. The average Bonchev–Trinajstić information content (AvgIpc) is 2.61. The third kappa shape index (κ3) is 2.87. The molecule has 2 fully saturated rings. The quantitative estimate of drug-likeness (QED) is 0.589. The van der Waals surface area contributed by atoms with Gasteiger partial charge in [-0.3, -0.25) is 5.73 Å². The van der Waals surface area contributed by atoms with Crippen molar-refractivity contribution < 1.29 is 22.0 Å². The number of hydrogen-bond acceptors (Lipinski definition) is 6. The van der Waals surface area contributed by atoms with Crippen LogP contribution in [-0.2, 0) is 22.0 Å². The third-order valence-corrected chi connectivity index (χ3v) is 3.54. The summed E-state index contributed by atoms with van der Waals surface area (Å²) in [5, 5.41) is 0. The van der Waals surface area contributed by atoms with Gasteiger partial charge in [0.05, 0.1) is 12.7 Å². The monoisotopic (exact) mass is 371 g/mol. The van der Waals surface area contributed by atoms with E-state index >= 15 is 0 Å². The molecule has 0 aromatic carbocycles. The summed E-state index contributed by atoms with van der Waals surface area (Å²) >= 11 is 1.83. The lowest BCUT2D eigenvalue weighted by molar-refractivity contribution is -0.261. The summed E-state index contributed by atoms with van der Waals surface area (Å²) in [6.45, 7) is 7.54. The van der Waals surface area contributed by atoms with Gasteiger partial charge in [0.15, 0.2) is 6.29 Å². The number of halogens is 1. The van der Waals surface area contributed by atoms with Crippen LogP contribution in [0.25, 0.3) is 0 Å².